The number of benzene rings is 1. The molecule has 1 aromatic rings. The Kier molecular flexibility index (Phi) is 7.70. The van der Waals surface area contributed by atoms with Crippen LogP contribution >= 0.6 is 11.8 Å². The van der Waals surface area contributed by atoms with Crippen LogP contribution in [0.25, 0.3) is 0 Å². The van der Waals surface area contributed by atoms with Crippen LogP contribution in [0, 0.1) is 5.41 Å². The van der Waals surface area contributed by atoms with Crippen molar-refractivity contribution in [2.75, 3.05) is 18.8 Å². The van der Waals surface area contributed by atoms with Gasteiger partial charge < -0.3 is 10.4 Å². The third-order valence-electron chi connectivity index (χ3n) is 3.28. The van der Waals surface area contributed by atoms with Crippen molar-refractivity contribution in [3.63, 3.8) is 0 Å². The molecule has 0 saturated heterocycles. The van der Waals surface area contributed by atoms with Gasteiger partial charge in [-0.25, -0.2) is 0 Å². The van der Waals surface area contributed by atoms with Crippen LogP contribution < -0.4 is 5.32 Å². The van der Waals surface area contributed by atoms with Gasteiger partial charge in [-0.1, -0.05) is 32.0 Å². The number of aliphatic carboxylic acids is 1. The van der Waals surface area contributed by atoms with Crippen LogP contribution in [-0.4, -0.2) is 29.9 Å². The molecule has 0 aliphatic heterocycles. The van der Waals surface area contributed by atoms with Crippen LogP contribution in [0.15, 0.2) is 35.2 Å². The lowest BCUT2D eigenvalue weighted by atomic mass is 9.84. The predicted octanol–water partition coefficient (Wildman–Crippen LogP) is 3.65. The van der Waals surface area contributed by atoms with Crippen molar-refractivity contribution in [1.82, 2.24) is 5.32 Å². The van der Waals surface area contributed by atoms with Crippen LogP contribution in [-0.2, 0) is 4.79 Å². The SMILES string of the molecule is CC(C)(CCNCCSc1ccccc1)CCC(=O)O. The van der Waals surface area contributed by atoms with Gasteiger partial charge in [0.2, 0.25) is 0 Å². The second-order valence-corrected chi connectivity index (χ2v) is 6.89. The van der Waals surface area contributed by atoms with E-state index in [2.05, 4.69) is 43.4 Å². The minimum Gasteiger partial charge on any atom is -0.481 e. The van der Waals surface area contributed by atoms with Crippen molar-refractivity contribution >= 4 is 17.7 Å². The van der Waals surface area contributed by atoms with Crippen molar-refractivity contribution in [1.29, 1.82) is 0 Å². The van der Waals surface area contributed by atoms with Crippen LogP contribution in [0.5, 0.6) is 0 Å². The lowest BCUT2D eigenvalue weighted by molar-refractivity contribution is -0.137. The van der Waals surface area contributed by atoms with Crippen molar-refractivity contribution in [3.05, 3.63) is 30.3 Å². The number of rotatable bonds is 10. The zero-order valence-electron chi connectivity index (χ0n) is 12.4. The van der Waals surface area contributed by atoms with Gasteiger partial charge in [-0.15, -0.1) is 11.8 Å². The molecule has 20 heavy (non-hydrogen) atoms. The van der Waals surface area contributed by atoms with Crippen molar-refractivity contribution < 1.29 is 9.90 Å². The summed E-state index contributed by atoms with van der Waals surface area (Å²) in [5, 5.41) is 12.1. The van der Waals surface area contributed by atoms with Gasteiger partial charge in [0.05, 0.1) is 0 Å². The summed E-state index contributed by atoms with van der Waals surface area (Å²) in [6.45, 7) is 6.20. The average Bonchev–Trinajstić information content (AvgIpc) is 2.42. The molecule has 0 aromatic heterocycles. The highest BCUT2D eigenvalue weighted by atomic mass is 32.2. The van der Waals surface area contributed by atoms with Gasteiger partial charge in [-0.2, -0.15) is 0 Å². The number of hydrogen-bond acceptors (Lipinski definition) is 3. The highest BCUT2D eigenvalue weighted by Gasteiger charge is 2.18. The molecule has 3 nitrogen and oxygen atoms in total. The first-order valence-electron chi connectivity index (χ1n) is 7.10. The van der Waals surface area contributed by atoms with Gasteiger partial charge in [-0.3, -0.25) is 4.79 Å². The Morgan fingerprint density at radius 2 is 1.90 bits per heavy atom. The number of nitrogens with one attached hydrogen (secondary N) is 1. The van der Waals surface area contributed by atoms with E-state index in [4.69, 9.17) is 5.11 Å². The zero-order valence-corrected chi connectivity index (χ0v) is 13.2. The second-order valence-electron chi connectivity index (χ2n) is 5.72. The van der Waals surface area contributed by atoms with E-state index < -0.39 is 5.97 Å². The maximum atomic E-state index is 10.6. The van der Waals surface area contributed by atoms with Gasteiger partial charge in [0, 0.05) is 23.6 Å². The van der Waals surface area contributed by atoms with Crippen molar-refractivity contribution in [3.8, 4) is 0 Å². The van der Waals surface area contributed by atoms with E-state index in [0.29, 0.717) is 0 Å². The molecule has 112 valence electrons. The van der Waals surface area contributed by atoms with E-state index in [1.807, 2.05) is 17.8 Å². The molecule has 0 bridgehead atoms. The van der Waals surface area contributed by atoms with Gasteiger partial charge in [0.25, 0.3) is 0 Å². The van der Waals surface area contributed by atoms with Crippen LogP contribution in [0.2, 0.25) is 0 Å². The molecule has 0 radical (unpaired) electrons. The molecule has 0 aliphatic carbocycles. The van der Waals surface area contributed by atoms with E-state index in [0.717, 1.165) is 31.7 Å². The van der Waals surface area contributed by atoms with Gasteiger partial charge in [0.15, 0.2) is 0 Å². The first-order valence-corrected chi connectivity index (χ1v) is 8.08. The van der Waals surface area contributed by atoms with E-state index in [1.54, 1.807) is 0 Å². The molecular formula is C16H25NO2S. The first kappa shape index (κ1) is 17.1. The fourth-order valence-corrected chi connectivity index (χ4v) is 2.71. The molecule has 0 unspecified atom stereocenters. The molecule has 0 spiro atoms. The number of hydrogen-bond donors (Lipinski definition) is 2. The van der Waals surface area contributed by atoms with Crippen LogP contribution in [0.1, 0.15) is 33.1 Å². The summed E-state index contributed by atoms with van der Waals surface area (Å²) in [4.78, 5) is 11.9. The topological polar surface area (TPSA) is 49.3 Å². The molecule has 1 aromatic carbocycles. The summed E-state index contributed by atoms with van der Waals surface area (Å²) in [5.41, 5.74) is 0.0952. The molecule has 4 heteroatoms. The summed E-state index contributed by atoms with van der Waals surface area (Å²) in [5.74, 6) is 0.352. The summed E-state index contributed by atoms with van der Waals surface area (Å²) >= 11 is 1.85. The van der Waals surface area contributed by atoms with E-state index >= 15 is 0 Å². The zero-order chi connectivity index (χ0) is 14.8. The molecule has 0 saturated carbocycles. The van der Waals surface area contributed by atoms with Crippen molar-refractivity contribution in [2.45, 2.75) is 38.0 Å². The highest BCUT2D eigenvalue weighted by Crippen LogP contribution is 2.26. The second kappa shape index (κ2) is 9.03. The monoisotopic (exact) mass is 295 g/mol. The molecular weight excluding hydrogens is 270 g/mol. The highest BCUT2D eigenvalue weighted by molar-refractivity contribution is 7.99. The average molecular weight is 295 g/mol. The van der Waals surface area contributed by atoms with Crippen LogP contribution in [0.4, 0.5) is 0 Å². The molecule has 0 amide bonds. The fourth-order valence-electron chi connectivity index (χ4n) is 1.88. The molecule has 0 aliphatic rings. The number of carboxylic acids is 1. The third kappa shape index (κ3) is 8.23. The number of carboxylic acid groups (broad SMARTS) is 1. The van der Waals surface area contributed by atoms with E-state index in [9.17, 15) is 4.79 Å². The third-order valence-corrected chi connectivity index (χ3v) is 4.30. The summed E-state index contributed by atoms with van der Waals surface area (Å²) in [7, 11) is 0. The molecule has 0 atom stereocenters. The lowest BCUT2D eigenvalue weighted by Crippen LogP contribution is -2.24. The van der Waals surface area contributed by atoms with Crippen LogP contribution in [0.3, 0.4) is 0 Å². The summed E-state index contributed by atoms with van der Waals surface area (Å²) in [6, 6.07) is 10.4. The molecule has 1 rings (SSSR count). The fraction of sp³-hybridized carbons (Fsp3) is 0.562. The van der Waals surface area contributed by atoms with Gasteiger partial charge in [-0.05, 0) is 36.9 Å². The normalized spacial score (nSPS) is 11.5. The standard InChI is InChI=1S/C16H25NO2S/c1-16(2,9-8-15(18)19)10-11-17-12-13-20-14-6-4-3-5-7-14/h3-7,17H,8-13H2,1-2H3,(H,18,19). The molecule has 0 heterocycles. The van der Waals surface area contributed by atoms with Gasteiger partial charge in [0.1, 0.15) is 0 Å². The predicted molar refractivity (Wildman–Crippen MR) is 85.3 cm³/mol. The minimum atomic E-state index is -0.703. The first-order chi connectivity index (χ1) is 9.49. The van der Waals surface area contributed by atoms with E-state index in [1.165, 1.54) is 4.90 Å². The Morgan fingerprint density at radius 1 is 1.20 bits per heavy atom. The number of thioether (sulfide) groups is 1. The quantitative estimate of drug-likeness (QED) is 0.511. The largest absolute Gasteiger partial charge is 0.481 e. The Labute approximate surface area is 126 Å². The Hall–Kier alpha value is -1.00. The summed E-state index contributed by atoms with van der Waals surface area (Å²) < 4.78 is 0. The maximum Gasteiger partial charge on any atom is 0.303 e. The smallest absolute Gasteiger partial charge is 0.303 e. The maximum absolute atomic E-state index is 10.6. The Morgan fingerprint density at radius 3 is 2.55 bits per heavy atom. The lowest BCUT2D eigenvalue weighted by Gasteiger charge is -2.23. The number of carbonyl (C=O) groups is 1. The minimum absolute atomic E-state index is 0.0952. The van der Waals surface area contributed by atoms with Crippen molar-refractivity contribution in [2.24, 2.45) is 5.41 Å². The Balaban J connectivity index is 2.05. The molecule has 2 N–H and O–H groups in total. The Bertz CT molecular complexity index is 393. The molecule has 0 fully saturated rings. The van der Waals surface area contributed by atoms with Gasteiger partial charge >= 0.3 is 5.97 Å². The van der Waals surface area contributed by atoms with E-state index in [-0.39, 0.29) is 11.8 Å². The summed E-state index contributed by atoms with van der Waals surface area (Å²) in [6.07, 6.45) is 2.01.